The fraction of sp³-hybridized carbons (Fsp3) is 0.136. The number of rotatable bonds is 6. The molecule has 2 aromatic heterocycles. The Hall–Kier alpha value is -3.72. The number of ether oxygens (including phenoxy) is 1. The molecule has 1 aliphatic heterocycles. The van der Waals surface area contributed by atoms with Gasteiger partial charge in [-0.1, -0.05) is 23.9 Å². The predicted molar refractivity (Wildman–Crippen MR) is 115 cm³/mol. The number of fused-ring (bicyclic) bond motifs is 2. The summed E-state index contributed by atoms with van der Waals surface area (Å²) in [6.07, 6.45) is 0. The van der Waals surface area contributed by atoms with Crippen molar-refractivity contribution in [3.8, 4) is 17.0 Å². The van der Waals surface area contributed by atoms with Crippen molar-refractivity contribution < 1.29 is 14.3 Å². The number of benzene rings is 2. The fourth-order valence-electron chi connectivity index (χ4n) is 3.45. The van der Waals surface area contributed by atoms with Crippen molar-refractivity contribution >= 4 is 29.2 Å². The van der Waals surface area contributed by atoms with Gasteiger partial charge in [-0.25, -0.2) is 0 Å². The molecular weight excluding hydrogens is 414 g/mol. The van der Waals surface area contributed by atoms with Crippen LogP contribution in [0.15, 0.2) is 65.8 Å². The first kappa shape index (κ1) is 19.3. The van der Waals surface area contributed by atoms with Crippen LogP contribution in [0.4, 0.5) is 0 Å². The van der Waals surface area contributed by atoms with Crippen molar-refractivity contribution in [1.82, 2.24) is 24.7 Å². The van der Waals surface area contributed by atoms with Crippen LogP contribution >= 0.6 is 11.8 Å². The Kier molecular flexibility index (Phi) is 4.87. The summed E-state index contributed by atoms with van der Waals surface area (Å²) in [5, 5.41) is 13.6. The largest absolute Gasteiger partial charge is 0.497 e. The summed E-state index contributed by atoms with van der Waals surface area (Å²) in [5.41, 5.74) is 3.25. The van der Waals surface area contributed by atoms with Gasteiger partial charge >= 0.3 is 0 Å². The lowest BCUT2D eigenvalue weighted by atomic mass is 10.1. The number of methoxy groups -OCH3 is 1. The van der Waals surface area contributed by atoms with Crippen LogP contribution in [0.3, 0.4) is 0 Å². The molecule has 0 aliphatic carbocycles. The van der Waals surface area contributed by atoms with E-state index in [4.69, 9.17) is 4.74 Å². The summed E-state index contributed by atoms with van der Waals surface area (Å²) < 4.78 is 6.88. The maximum absolute atomic E-state index is 12.5. The number of aromatic nitrogens is 4. The second-order valence-electron chi connectivity index (χ2n) is 6.86. The molecule has 0 radical (unpaired) electrons. The van der Waals surface area contributed by atoms with Crippen LogP contribution in [-0.4, -0.2) is 55.9 Å². The molecular formula is C22H17N5O3S. The van der Waals surface area contributed by atoms with Crippen molar-refractivity contribution in [3.05, 3.63) is 71.8 Å². The van der Waals surface area contributed by atoms with E-state index in [1.54, 1.807) is 35.9 Å². The van der Waals surface area contributed by atoms with E-state index < -0.39 is 0 Å². The molecule has 154 valence electrons. The first-order valence-electron chi connectivity index (χ1n) is 9.60. The highest BCUT2D eigenvalue weighted by Crippen LogP contribution is 2.25. The highest BCUT2D eigenvalue weighted by atomic mass is 32.2. The minimum absolute atomic E-state index is 0.257. The normalized spacial score (nSPS) is 13.1. The molecule has 9 heteroatoms. The quantitative estimate of drug-likeness (QED) is 0.342. The molecule has 0 fully saturated rings. The van der Waals surface area contributed by atoms with E-state index in [-0.39, 0.29) is 18.4 Å². The molecule has 0 N–H and O–H groups in total. The summed E-state index contributed by atoms with van der Waals surface area (Å²) in [7, 11) is 1.63. The van der Waals surface area contributed by atoms with Gasteiger partial charge in [-0.2, -0.15) is 9.61 Å². The summed E-state index contributed by atoms with van der Waals surface area (Å²) in [4.78, 5) is 26.3. The second-order valence-corrected chi connectivity index (χ2v) is 7.92. The highest BCUT2D eigenvalue weighted by molar-refractivity contribution is 7.99. The molecule has 3 heterocycles. The smallest absolute Gasteiger partial charge is 0.261 e. The molecule has 8 nitrogen and oxygen atoms in total. The third kappa shape index (κ3) is 3.42. The first-order chi connectivity index (χ1) is 15.2. The highest BCUT2D eigenvalue weighted by Gasteiger charge is 2.34. The Morgan fingerprint density at radius 1 is 0.903 bits per heavy atom. The van der Waals surface area contributed by atoms with Gasteiger partial charge in [0.05, 0.1) is 23.9 Å². The van der Waals surface area contributed by atoms with E-state index in [0.29, 0.717) is 27.7 Å². The maximum atomic E-state index is 12.5. The summed E-state index contributed by atoms with van der Waals surface area (Å²) >= 11 is 1.40. The zero-order chi connectivity index (χ0) is 21.4. The van der Waals surface area contributed by atoms with Gasteiger partial charge in [0.15, 0.2) is 5.65 Å². The van der Waals surface area contributed by atoms with Crippen LogP contribution in [0.2, 0.25) is 0 Å². The first-order valence-corrected chi connectivity index (χ1v) is 10.6. The van der Waals surface area contributed by atoms with E-state index in [0.717, 1.165) is 17.0 Å². The van der Waals surface area contributed by atoms with Gasteiger partial charge in [-0.15, -0.1) is 10.2 Å². The van der Waals surface area contributed by atoms with E-state index in [1.165, 1.54) is 16.7 Å². The van der Waals surface area contributed by atoms with Crippen LogP contribution in [0.5, 0.6) is 5.75 Å². The van der Waals surface area contributed by atoms with Crippen molar-refractivity contribution in [1.29, 1.82) is 0 Å². The molecule has 0 atom stereocenters. The van der Waals surface area contributed by atoms with Gasteiger partial charge in [0.25, 0.3) is 11.8 Å². The van der Waals surface area contributed by atoms with Gasteiger partial charge in [-0.05, 0) is 48.5 Å². The van der Waals surface area contributed by atoms with Crippen LogP contribution in [0.1, 0.15) is 20.7 Å². The zero-order valence-corrected chi connectivity index (χ0v) is 17.4. The van der Waals surface area contributed by atoms with Crippen molar-refractivity contribution in [2.75, 3.05) is 19.4 Å². The number of hydrogen-bond donors (Lipinski definition) is 0. The van der Waals surface area contributed by atoms with Gasteiger partial charge in [0.2, 0.25) is 5.16 Å². The lowest BCUT2D eigenvalue weighted by Crippen LogP contribution is -2.31. The Bertz CT molecular complexity index is 1270. The number of nitrogens with zero attached hydrogens (tertiary/aromatic N) is 5. The van der Waals surface area contributed by atoms with Crippen LogP contribution in [0, 0.1) is 0 Å². The molecule has 2 aromatic carbocycles. The second kappa shape index (κ2) is 7.84. The van der Waals surface area contributed by atoms with Gasteiger partial charge < -0.3 is 4.74 Å². The standard InChI is InChI=1S/C22H17N5O3S/c1-30-15-8-6-14(7-9-15)18-10-11-19-23-24-22(27(19)25-18)31-13-12-26-20(28)16-4-2-3-5-17(16)21(26)29/h2-11H,12-13H2,1H3. The Morgan fingerprint density at radius 2 is 1.61 bits per heavy atom. The third-order valence-corrected chi connectivity index (χ3v) is 5.94. The molecule has 0 saturated heterocycles. The lowest BCUT2D eigenvalue weighted by molar-refractivity contribution is 0.0664. The third-order valence-electron chi connectivity index (χ3n) is 5.04. The van der Waals surface area contributed by atoms with Crippen LogP contribution < -0.4 is 4.74 Å². The molecule has 2 amide bonds. The summed E-state index contributed by atoms with van der Waals surface area (Å²) in [6, 6.07) is 18.3. The minimum Gasteiger partial charge on any atom is -0.497 e. The molecule has 4 aromatic rings. The Labute approximate surface area is 181 Å². The van der Waals surface area contributed by atoms with Crippen LogP contribution in [0.25, 0.3) is 16.9 Å². The summed E-state index contributed by atoms with van der Waals surface area (Å²) in [6.45, 7) is 0.282. The Balaban J connectivity index is 1.32. The molecule has 0 spiro atoms. The van der Waals surface area contributed by atoms with Crippen LogP contribution in [-0.2, 0) is 0 Å². The average molecular weight is 431 g/mol. The lowest BCUT2D eigenvalue weighted by Gasteiger charge is -2.12. The summed E-state index contributed by atoms with van der Waals surface area (Å²) in [5.74, 6) is 0.749. The number of thioether (sulfide) groups is 1. The minimum atomic E-state index is -0.257. The SMILES string of the molecule is COc1ccc(-c2ccc3nnc(SCCN4C(=O)c5ccccc5C4=O)n3n2)cc1. The monoisotopic (exact) mass is 431 g/mol. The molecule has 31 heavy (non-hydrogen) atoms. The molecule has 0 bridgehead atoms. The van der Waals surface area contributed by atoms with E-state index in [9.17, 15) is 9.59 Å². The number of hydrogen-bond acceptors (Lipinski definition) is 7. The number of carbonyl (C=O) groups excluding carboxylic acids is 2. The maximum Gasteiger partial charge on any atom is 0.261 e. The zero-order valence-electron chi connectivity index (χ0n) is 16.6. The number of carbonyl (C=O) groups is 2. The Morgan fingerprint density at radius 3 is 2.29 bits per heavy atom. The van der Waals surface area contributed by atoms with Crippen molar-refractivity contribution in [2.45, 2.75) is 5.16 Å². The molecule has 0 saturated carbocycles. The van der Waals surface area contributed by atoms with E-state index >= 15 is 0 Å². The van der Waals surface area contributed by atoms with E-state index in [1.807, 2.05) is 36.4 Å². The number of imide groups is 1. The van der Waals surface area contributed by atoms with Crippen molar-refractivity contribution in [3.63, 3.8) is 0 Å². The molecule has 1 aliphatic rings. The molecule has 0 unspecified atom stereocenters. The molecule has 5 rings (SSSR count). The number of amides is 2. The van der Waals surface area contributed by atoms with Crippen molar-refractivity contribution in [2.24, 2.45) is 0 Å². The fourth-order valence-corrected chi connectivity index (χ4v) is 4.26. The topological polar surface area (TPSA) is 89.7 Å². The predicted octanol–water partition coefficient (Wildman–Crippen LogP) is 3.19. The van der Waals surface area contributed by atoms with Gasteiger partial charge in [0, 0.05) is 17.9 Å². The average Bonchev–Trinajstić information content (AvgIpc) is 3.33. The van der Waals surface area contributed by atoms with Gasteiger partial charge in [0.1, 0.15) is 5.75 Å². The van der Waals surface area contributed by atoms with Gasteiger partial charge in [-0.3, -0.25) is 14.5 Å². The van der Waals surface area contributed by atoms with E-state index in [2.05, 4.69) is 15.3 Å².